The third kappa shape index (κ3) is 4.57. The van der Waals surface area contributed by atoms with Gasteiger partial charge in [-0.2, -0.15) is 4.98 Å². The second kappa shape index (κ2) is 10.3. The number of nitrogen functional groups attached to an aromatic ring is 3. The van der Waals surface area contributed by atoms with E-state index in [0.717, 1.165) is 11.4 Å². The minimum absolute atomic E-state index is 0.0477. The van der Waals surface area contributed by atoms with Crippen LogP contribution in [0.3, 0.4) is 0 Å². The highest BCUT2D eigenvalue weighted by Crippen LogP contribution is 2.45. The summed E-state index contributed by atoms with van der Waals surface area (Å²) in [6, 6.07) is 0. The van der Waals surface area contributed by atoms with Gasteiger partial charge < -0.3 is 47.1 Å². The van der Waals surface area contributed by atoms with Crippen LogP contribution in [0.15, 0.2) is 17.2 Å². The zero-order chi connectivity index (χ0) is 30.7. The minimum Gasteiger partial charge on any atom is -0.394 e. The summed E-state index contributed by atoms with van der Waals surface area (Å²) in [5, 5.41) is 45.8. The average molecular weight is 598 g/mol. The smallest absolute Gasteiger partial charge is 0.295 e. The van der Waals surface area contributed by atoms with Crippen molar-refractivity contribution in [3.8, 4) is 0 Å². The molecule has 0 saturated carbocycles. The molecule has 6 rings (SSSR count). The van der Waals surface area contributed by atoms with Crippen molar-refractivity contribution in [1.82, 2.24) is 39.2 Å². The van der Waals surface area contributed by atoms with Gasteiger partial charge in [-0.3, -0.25) is 9.78 Å². The van der Waals surface area contributed by atoms with Gasteiger partial charge in [-0.1, -0.05) is 0 Å². The van der Waals surface area contributed by atoms with Crippen LogP contribution in [0.4, 0.5) is 26.5 Å². The molecule has 20 heteroatoms. The lowest BCUT2D eigenvalue weighted by molar-refractivity contribution is -0.0248. The third-order valence-electron chi connectivity index (χ3n) is 7.25. The van der Waals surface area contributed by atoms with E-state index in [1.165, 1.54) is 23.8 Å². The van der Waals surface area contributed by atoms with Gasteiger partial charge in [-0.05, 0) is 13.8 Å². The fourth-order valence-electron chi connectivity index (χ4n) is 5.02. The summed E-state index contributed by atoms with van der Waals surface area (Å²) >= 11 is 0. The molecule has 0 radical (unpaired) electrons. The van der Waals surface area contributed by atoms with Gasteiger partial charge in [0.25, 0.3) is 5.56 Å². The van der Waals surface area contributed by atoms with E-state index in [0.29, 0.717) is 0 Å². The second-order valence-electron chi connectivity index (χ2n) is 10.2. The monoisotopic (exact) mass is 597 g/mol. The van der Waals surface area contributed by atoms with Crippen LogP contribution in [0, 0.1) is 0 Å². The van der Waals surface area contributed by atoms with E-state index in [4.69, 9.17) is 36.9 Å². The first kappa shape index (κ1) is 29.4. The topological polar surface area (TPSA) is 284 Å². The molecule has 4 aromatic rings. The zero-order valence-corrected chi connectivity index (χ0v) is 22.2. The number of nitrogens with two attached hydrogens (primary N) is 3. The van der Waals surface area contributed by atoms with Crippen LogP contribution in [0.2, 0.25) is 0 Å². The van der Waals surface area contributed by atoms with Crippen molar-refractivity contribution in [3.05, 3.63) is 34.1 Å². The molecular formula is C22H29F2N11O7. The SMILES string of the molecule is C[C@@]1(F)[C@H](O)[C@@H](CO)O[C@H]1c1cnc2c(=O)[nH]c(N)nn12.C[C@@]1(F)[C@H](O)[C@@H](CO)O[C@H]1c1cnc2c(N)nc(N)nn12. The zero-order valence-electron chi connectivity index (χ0n) is 22.2. The Bertz CT molecular complexity index is 1680. The molecule has 2 fully saturated rings. The highest BCUT2D eigenvalue weighted by Gasteiger charge is 2.56. The van der Waals surface area contributed by atoms with Crippen molar-refractivity contribution < 1.29 is 38.7 Å². The molecule has 18 nitrogen and oxygen atoms in total. The van der Waals surface area contributed by atoms with Crippen LogP contribution in [-0.4, -0.2) is 109 Å². The molecule has 11 N–H and O–H groups in total. The van der Waals surface area contributed by atoms with Crippen molar-refractivity contribution >= 4 is 29.0 Å². The minimum atomic E-state index is -2.18. The van der Waals surface area contributed by atoms with Crippen molar-refractivity contribution in [2.75, 3.05) is 30.4 Å². The van der Waals surface area contributed by atoms with Crippen molar-refractivity contribution in [1.29, 1.82) is 0 Å². The maximum absolute atomic E-state index is 14.8. The van der Waals surface area contributed by atoms with Gasteiger partial charge in [-0.15, -0.1) is 10.2 Å². The molecule has 4 aromatic heterocycles. The number of aromatic nitrogens is 8. The van der Waals surface area contributed by atoms with Gasteiger partial charge in [0.2, 0.25) is 17.5 Å². The molecule has 8 atom stereocenters. The van der Waals surface area contributed by atoms with Crippen LogP contribution in [0.1, 0.15) is 37.4 Å². The van der Waals surface area contributed by atoms with Gasteiger partial charge in [0.05, 0.1) is 37.0 Å². The molecule has 0 aliphatic carbocycles. The van der Waals surface area contributed by atoms with Gasteiger partial charge in [-0.25, -0.2) is 27.8 Å². The Kier molecular flexibility index (Phi) is 7.23. The Morgan fingerprint density at radius 2 is 1.38 bits per heavy atom. The number of hydrogen-bond acceptors (Lipinski definition) is 15. The van der Waals surface area contributed by atoms with Gasteiger partial charge in [0.1, 0.15) is 36.6 Å². The molecular weight excluding hydrogens is 568 g/mol. The first-order chi connectivity index (χ1) is 19.7. The number of nitrogens with one attached hydrogen (secondary N) is 1. The van der Waals surface area contributed by atoms with Gasteiger partial charge in [0, 0.05) is 0 Å². The molecule has 0 aromatic carbocycles. The predicted octanol–water partition coefficient (Wildman–Crippen LogP) is -2.67. The molecule has 228 valence electrons. The lowest BCUT2D eigenvalue weighted by Gasteiger charge is -2.23. The summed E-state index contributed by atoms with van der Waals surface area (Å²) in [5.74, 6) is -0.215. The number of ether oxygens (including phenoxy) is 2. The number of nitrogens with zero attached hydrogens (tertiary/aromatic N) is 7. The van der Waals surface area contributed by atoms with Crippen molar-refractivity contribution in [2.45, 2.75) is 61.8 Å². The van der Waals surface area contributed by atoms with Gasteiger partial charge in [0.15, 0.2) is 22.8 Å². The summed E-state index contributed by atoms with van der Waals surface area (Å²) in [6.07, 6.45) is -4.96. The number of fused-ring (bicyclic) bond motifs is 2. The number of rotatable bonds is 4. The van der Waals surface area contributed by atoms with Crippen LogP contribution < -0.4 is 22.8 Å². The molecule has 2 aliphatic heterocycles. The molecule has 6 heterocycles. The molecule has 0 amide bonds. The van der Waals surface area contributed by atoms with Crippen LogP contribution in [0.5, 0.6) is 0 Å². The van der Waals surface area contributed by atoms with Crippen LogP contribution >= 0.6 is 0 Å². The highest BCUT2D eigenvalue weighted by atomic mass is 19.1. The second-order valence-corrected chi connectivity index (χ2v) is 10.2. The van der Waals surface area contributed by atoms with E-state index in [9.17, 15) is 23.8 Å². The number of anilines is 3. The number of hydrogen-bond donors (Lipinski definition) is 8. The number of alkyl halides is 2. The fraction of sp³-hybridized carbons (Fsp3) is 0.545. The van der Waals surface area contributed by atoms with E-state index in [1.807, 2.05) is 0 Å². The number of imidazole rings is 2. The Morgan fingerprint density at radius 3 is 1.86 bits per heavy atom. The number of H-pyrrole nitrogens is 1. The molecule has 2 saturated heterocycles. The quantitative estimate of drug-likeness (QED) is 0.119. The Labute approximate surface area is 233 Å². The summed E-state index contributed by atoms with van der Waals surface area (Å²) in [5.41, 5.74) is 12.3. The third-order valence-corrected chi connectivity index (χ3v) is 7.25. The largest absolute Gasteiger partial charge is 0.394 e. The maximum atomic E-state index is 14.8. The summed E-state index contributed by atoms with van der Waals surface area (Å²) in [4.78, 5) is 25.6. The number of aliphatic hydroxyl groups is 4. The van der Waals surface area contributed by atoms with Crippen LogP contribution in [-0.2, 0) is 9.47 Å². The van der Waals surface area contributed by atoms with Crippen molar-refractivity contribution in [2.24, 2.45) is 0 Å². The maximum Gasteiger partial charge on any atom is 0.295 e. The fourth-order valence-corrected chi connectivity index (χ4v) is 5.02. The number of halogens is 2. The van der Waals surface area contributed by atoms with Crippen molar-refractivity contribution in [3.63, 3.8) is 0 Å². The summed E-state index contributed by atoms with van der Waals surface area (Å²) < 4.78 is 42.5. The van der Waals surface area contributed by atoms with E-state index in [1.54, 1.807) is 0 Å². The molecule has 0 unspecified atom stereocenters. The highest BCUT2D eigenvalue weighted by molar-refractivity contribution is 5.60. The number of aromatic amines is 1. The summed E-state index contributed by atoms with van der Waals surface area (Å²) in [6.45, 7) is 1.29. The molecule has 2 aliphatic rings. The Balaban J connectivity index is 0.000000168. The number of aliphatic hydroxyl groups excluding tert-OH is 4. The first-order valence-electron chi connectivity index (χ1n) is 12.5. The normalized spacial score (nSPS) is 32.9. The molecule has 0 bridgehead atoms. The lowest BCUT2D eigenvalue weighted by Crippen LogP contribution is -2.39. The Hall–Kier alpha value is -4.08. The summed E-state index contributed by atoms with van der Waals surface area (Å²) in [7, 11) is 0. The average Bonchev–Trinajstić information content (AvgIpc) is 3.64. The Morgan fingerprint density at radius 1 is 0.905 bits per heavy atom. The standard InChI is InChI=1S/C11H15FN6O3.C11H14FN5O4/c1-11(12)6(20)5(3-19)21-7(11)4-2-15-9-8(13)16-10(14)17-18(4)9;1-11(12)6(19)5(3-18)21-7(11)4-2-14-8-9(20)15-10(13)16-17(4)8/h2,5-7,19-20H,3H2,1H3,(H4,13,14,16,17);2,5-7,18-19H,3H2,1H3,(H3,13,15,16,20)/t2*5-,6-,7+,11-/m11/s1. The first-order valence-corrected chi connectivity index (χ1v) is 12.5. The van der Waals surface area contributed by atoms with Crippen LogP contribution in [0.25, 0.3) is 11.3 Å². The molecule has 0 spiro atoms. The van der Waals surface area contributed by atoms with E-state index >= 15 is 0 Å². The van der Waals surface area contributed by atoms with E-state index in [-0.39, 0.29) is 40.4 Å². The molecule has 42 heavy (non-hydrogen) atoms. The van der Waals surface area contributed by atoms with E-state index < -0.39 is 66.7 Å². The predicted molar refractivity (Wildman–Crippen MR) is 138 cm³/mol. The van der Waals surface area contributed by atoms with Gasteiger partial charge >= 0.3 is 0 Å². The van der Waals surface area contributed by atoms with E-state index in [2.05, 4.69) is 30.1 Å². The lowest BCUT2D eigenvalue weighted by atomic mass is 9.93.